The Morgan fingerprint density at radius 2 is 1.87 bits per heavy atom. The first-order valence-electron chi connectivity index (χ1n) is 9.52. The highest BCUT2D eigenvalue weighted by molar-refractivity contribution is 9.10. The molecule has 3 rings (SSSR count). The molecule has 8 nitrogen and oxygen atoms in total. The van der Waals surface area contributed by atoms with Crippen LogP contribution in [0, 0.1) is 30.9 Å². The number of benzene rings is 2. The van der Waals surface area contributed by atoms with Gasteiger partial charge in [0.15, 0.2) is 0 Å². The highest BCUT2D eigenvalue weighted by atomic mass is 79.9. The Balaban J connectivity index is 1.70. The molecule has 0 aliphatic heterocycles. The summed E-state index contributed by atoms with van der Waals surface area (Å²) in [5, 5.41) is 18.2. The summed E-state index contributed by atoms with van der Waals surface area (Å²) in [6.07, 6.45) is 1.57. The summed E-state index contributed by atoms with van der Waals surface area (Å²) in [7, 11) is 0. The van der Waals surface area contributed by atoms with Crippen LogP contribution in [-0.2, 0) is 4.79 Å². The second kappa shape index (κ2) is 9.57. The number of nitrogens with one attached hydrogen (secondary N) is 2. The van der Waals surface area contributed by atoms with Crippen LogP contribution >= 0.6 is 15.9 Å². The van der Waals surface area contributed by atoms with Crippen molar-refractivity contribution in [3.05, 3.63) is 85.6 Å². The number of hydrogen-bond donors (Lipinski definition) is 2. The summed E-state index contributed by atoms with van der Waals surface area (Å²) in [5.74, 6) is -0.275. The molecule has 1 aromatic heterocycles. The number of anilines is 1. The van der Waals surface area contributed by atoms with Crippen molar-refractivity contribution >= 4 is 39.4 Å². The monoisotopic (exact) mass is 483 g/mol. The second-order valence-electron chi connectivity index (χ2n) is 7.04. The van der Waals surface area contributed by atoms with Gasteiger partial charge in [-0.05, 0) is 56.7 Å². The molecule has 0 atom stereocenters. The molecule has 2 N–H and O–H groups in total. The Bertz CT molecular complexity index is 1150. The quantitative estimate of drug-likeness (QED) is 0.290. The predicted octanol–water partition coefficient (Wildman–Crippen LogP) is 4.64. The molecule has 0 fully saturated rings. The summed E-state index contributed by atoms with van der Waals surface area (Å²) < 4.78 is 2.91. The molecule has 0 radical (unpaired) electrons. The minimum absolute atomic E-state index is 0.0360. The van der Waals surface area contributed by atoms with Gasteiger partial charge >= 0.3 is 0 Å². The van der Waals surface area contributed by atoms with E-state index in [-0.39, 0.29) is 18.1 Å². The number of hydrogen-bond acceptors (Lipinski definition) is 5. The van der Waals surface area contributed by atoms with Crippen molar-refractivity contribution in [3.63, 3.8) is 0 Å². The number of aromatic nitrogens is 1. The van der Waals surface area contributed by atoms with Crippen molar-refractivity contribution in [1.29, 1.82) is 0 Å². The zero-order valence-corrected chi connectivity index (χ0v) is 18.9. The fourth-order valence-corrected chi connectivity index (χ4v) is 3.47. The molecule has 31 heavy (non-hydrogen) atoms. The average Bonchev–Trinajstić information content (AvgIpc) is 3.01. The minimum Gasteiger partial charge on any atom is -0.376 e. The molecule has 0 unspecified atom stereocenters. The van der Waals surface area contributed by atoms with Crippen LogP contribution in [0.15, 0.2) is 58.1 Å². The van der Waals surface area contributed by atoms with E-state index in [0.29, 0.717) is 0 Å². The number of carbonyl (C=O) groups excluding carboxylic acids is 1. The lowest BCUT2D eigenvalue weighted by Crippen LogP contribution is -2.25. The third-order valence-electron chi connectivity index (χ3n) is 4.80. The first-order valence-corrected chi connectivity index (χ1v) is 10.3. The van der Waals surface area contributed by atoms with Crippen molar-refractivity contribution in [2.24, 2.45) is 5.10 Å². The maximum Gasteiger partial charge on any atom is 0.271 e. The van der Waals surface area contributed by atoms with E-state index < -0.39 is 4.92 Å². The van der Waals surface area contributed by atoms with Gasteiger partial charge in [-0.15, -0.1) is 0 Å². The predicted molar refractivity (Wildman–Crippen MR) is 125 cm³/mol. The Morgan fingerprint density at radius 1 is 1.16 bits per heavy atom. The Labute approximate surface area is 188 Å². The van der Waals surface area contributed by atoms with Crippen LogP contribution in [0.2, 0.25) is 0 Å². The normalized spacial score (nSPS) is 11.0. The molecular formula is C22H22BrN5O3. The van der Waals surface area contributed by atoms with E-state index in [2.05, 4.69) is 31.8 Å². The highest BCUT2D eigenvalue weighted by Crippen LogP contribution is 2.26. The zero-order valence-electron chi connectivity index (χ0n) is 17.3. The third-order valence-corrected chi connectivity index (χ3v) is 5.33. The van der Waals surface area contributed by atoms with Crippen molar-refractivity contribution in [2.75, 3.05) is 11.9 Å². The van der Waals surface area contributed by atoms with E-state index in [0.717, 1.165) is 38.4 Å². The summed E-state index contributed by atoms with van der Waals surface area (Å²) in [6, 6.07) is 14.2. The van der Waals surface area contributed by atoms with Crippen LogP contribution < -0.4 is 10.7 Å². The number of hydrazone groups is 1. The van der Waals surface area contributed by atoms with Gasteiger partial charge in [-0.2, -0.15) is 5.10 Å². The van der Waals surface area contributed by atoms with Gasteiger partial charge in [-0.1, -0.05) is 22.0 Å². The number of nitro benzene ring substituents is 1. The van der Waals surface area contributed by atoms with E-state index in [4.69, 9.17) is 0 Å². The van der Waals surface area contributed by atoms with Crippen molar-refractivity contribution < 1.29 is 9.72 Å². The van der Waals surface area contributed by atoms with E-state index in [1.807, 2.05) is 55.7 Å². The van der Waals surface area contributed by atoms with Crippen molar-refractivity contribution in [2.45, 2.75) is 20.8 Å². The van der Waals surface area contributed by atoms with E-state index in [1.165, 1.54) is 6.07 Å². The minimum atomic E-state index is -0.405. The molecule has 1 amide bonds. The van der Waals surface area contributed by atoms with Gasteiger partial charge in [0.25, 0.3) is 11.6 Å². The molecule has 160 valence electrons. The molecule has 2 aromatic carbocycles. The smallest absolute Gasteiger partial charge is 0.271 e. The molecular weight excluding hydrogens is 462 g/mol. The Morgan fingerprint density at radius 3 is 2.55 bits per heavy atom. The molecule has 9 heteroatoms. The first-order chi connectivity index (χ1) is 14.8. The molecule has 0 aliphatic rings. The van der Waals surface area contributed by atoms with Gasteiger partial charge in [-0.3, -0.25) is 14.9 Å². The lowest BCUT2D eigenvalue weighted by Gasteiger charge is -2.12. The van der Waals surface area contributed by atoms with Gasteiger partial charge in [0.2, 0.25) is 0 Å². The summed E-state index contributed by atoms with van der Waals surface area (Å²) in [4.78, 5) is 22.8. The molecule has 0 aliphatic carbocycles. The fourth-order valence-electron chi connectivity index (χ4n) is 3.20. The summed E-state index contributed by atoms with van der Waals surface area (Å²) in [6.45, 7) is 5.82. The van der Waals surface area contributed by atoms with Gasteiger partial charge in [0.05, 0.1) is 23.4 Å². The number of carbonyl (C=O) groups is 1. The van der Waals surface area contributed by atoms with Crippen LogP contribution in [0.3, 0.4) is 0 Å². The largest absolute Gasteiger partial charge is 0.376 e. The Kier molecular flexibility index (Phi) is 6.86. The van der Waals surface area contributed by atoms with Crippen LogP contribution in [0.4, 0.5) is 11.4 Å². The van der Waals surface area contributed by atoms with Gasteiger partial charge in [0, 0.05) is 39.2 Å². The topological polar surface area (TPSA) is 102 Å². The maximum absolute atomic E-state index is 12.0. The van der Waals surface area contributed by atoms with Crippen molar-refractivity contribution in [3.8, 4) is 5.69 Å². The first kappa shape index (κ1) is 22.2. The van der Waals surface area contributed by atoms with Crippen molar-refractivity contribution in [1.82, 2.24) is 9.99 Å². The lowest BCUT2D eigenvalue weighted by atomic mass is 10.1. The molecule has 0 bridgehead atoms. The maximum atomic E-state index is 12.0. The van der Waals surface area contributed by atoms with Crippen LogP contribution in [-0.4, -0.2) is 28.2 Å². The molecule has 1 heterocycles. The SMILES string of the molecule is Cc1ccc([N+](=O)[O-])cc1-n1c(C)cc(/C=N\NC(=O)CNc2ccc(Br)cc2)c1C. The van der Waals surface area contributed by atoms with E-state index in [9.17, 15) is 14.9 Å². The third kappa shape index (κ3) is 5.37. The molecule has 0 saturated carbocycles. The molecule has 0 saturated heterocycles. The fraction of sp³-hybridized carbons (Fsp3) is 0.182. The number of aryl methyl sites for hydroxylation is 2. The standard InChI is InChI=1S/C22H22BrN5O3/c1-14-4-9-20(28(30)31)11-21(14)27-15(2)10-17(16(27)3)12-25-26-22(29)13-24-19-7-5-18(23)6-8-19/h4-12,24H,13H2,1-3H3,(H,26,29)/b25-12-. The van der Waals surface area contributed by atoms with Crippen LogP contribution in [0.1, 0.15) is 22.5 Å². The van der Waals surface area contributed by atoms with E-state index >= 15 is 0 Å². The molecule has 0 spiro atoms. The highest BCUT2D eigenvalue weighted by Gasteiger charge is 2.15. The van der Waals surface area contributed by atoms with Gasteiger partial charge in [-0.25, -0.2) is 5.43 Å². The van der Waals surface area contributed by atoms with E-state index in [1.54, 1.807) is 18.3 Å². The summed E-state index contributed by atoms with van der Waals surface area (Å²) >= 11 is 3.37. The van der Waals surface area contributed by atoms with Crippen LogP contribution in [0.25, 0.3) is 5.69 Å². The number of rotatable bonds is 7. The number of non-ortho nitro benzene ring substituents is 1. The number of amides is 1. The van der Waals surface area contributed by atoms with Gasteiger partial charge in [0.1, 0.15) is 0 Å². The lowest BCUT2D eigenvalue weighted by molar-refractivity contribution is -0.384. The average molecular weight is 484 g/mol. The zero-order chi connectivity index (χ0) is 22.5. The number of nitrogens with zero attached hydrogens (tertiary/aromatic N) is 3. The van der Waals surface area contributed by atoms with Gasteiger partial charge < -0.3 is 9.88 Å². The number of halogens is 1. The number of nitro groups is 1. The summed E-state index contributed by atoms with van der Waals surface area (Å²) in [5.41, 5.74) is 7.62. The Hall–Kier alpha value is -3.46. The van der Waals surface area contributed by atoms with Crippen LogP contribution in [0.5, 0.6) is 0 Å². The molecule has 3 aromatic rings. The second-order valence-corrected chi connectivity index (χ2v) is 7.96.